The number of rotatable bonds is 7. The second-order valence-corrected chi connectivity index (χ2v) is 9.26. The van der Waals surface area contributed by atoms with Gasteiger partial charge in [0.25, 0.3) is 0 Å². The number of benzene rings is 1. The molecule has 24 heavy (non-hydrogen) atoms. The van der Waals surface area contributed by atoms with Gasteiger partial charge in [-0.1, -0.05) is 30.3 Å². The van der Waals surface area contributed by atoms with Crippen LogP contribution in [0.3, 0.4) is 0 Å². The summed E-state index contributed by atoms with van der Waals surface area (Å²) in [5.41, 5.74) is 1.12. The van der Waals surface area contributed by atoms with Crippen molar-refractivity contribution in [1.82, 2.24) is 10.0 Å². The molecule has 1 aromatic carbocycles. The Balaban J connectivity index is 1.65. The van der Waals surface area contributed by atoms with Crippen molar-refractivity contribution in [3.8, 4) is 0 Å². The van der Waals surface area contributed by atoms with Crippen molar-refractivity contribution in [3.05, 3.63) is 52.9 Å². The zero-order valence-corrected chi connectivity index (χ0v) is 15.0. The van der Waals surface area contributed by atoms with Crippen LogP contribution in [-0.4, -0.2) is 20.9 Å². The summed E-state index contributed by atoms with van der Waals surface area (Å²) in [6, 6.07) is 13.4. The molecule has 128 valence electrons. The normalized spacial score (nSPS) is 15.9. The molecule has 2 N–H and O–H groups in total. The van der Waals surface area contributed by atoms with Gasteiger partial charge in [-0.15, -0.1) is 11.3 Å². The molecule has 0 saturated heterocycles. The maximum absolute atomic E-state index is 12.5. The molecule has 1 saturated carbocycles. The van der Waals surface area contributed by atoms with E-state index in [0.717, 1.165) is 17.7 Å². The zero-order valence-electron chi connectivity index (χ0n) is 13.4. The molecule has 7 heteroatoms. The molecular weight excluding hydrogens is 344 g/mol. The summed E-state index contributed by atoms with van der Waals surface area (Å²) in [4.78, 5) is 11.8. The van der Waals surface area contributed by atoms with Crippen LogP contribution < -0.4 is 10.0 Å². The number of carbonyl (C=O) groups excluding carboxylic acids is 1. The van der Waals surface area contributed by atoms with Crippen molar-refractivity contribution in [1.29, 1.82) is 0 Å². The minimum absolute atomic E-state index is 0.0649. The highest BCUT2D eigenvalue weighted by Crippen LogP contribution is 2.47. The highest BCUT2D eigenvalue weighted by atomic mass is 32.2. The van der Waals surface area contributed by atoms with Crippen molar-refractivity contribution in [2.24, 2.45) is 0 Å². The largest absolute Gasteiger partial charge is 0.351 e. The van der Waals surface area contributed by atoms with E-state index in [0.29, 0.717) is 13.1 Å². The van der Waals surface area contributed by atoms with Gasteiger partial charge < -0.3 is 5.32 Å². The van der Waals surface area contributed by atoms with Gasteiger partial charge in [0.05, 0.1) is 6.54 Å². The summed E-state index contributed by atoms with van der Waals surface area (Å²) >= 11 is 1.18. The maximum Gasteiger partial charge on any atom is 0.250 e. The zero-order chi connectivity index (χ0) is 17.2. The van der Waals surface area contributed by atoms with Gasteiger partial charge in [0.15, 0.2) is 0 Å². The number of hydrogen-bond donors (Lipinski definition) is 2. The van der Waals surface area contributed by atoms with Crippen LogP contribution in [0.25, 0.3) is 0 Å². The Bertz CT molecular complexity index is 825. The Morgan fingerprint density at radius 2 is 1.88 bits per heavy atom. The Hall–Kier alpha value is -1.70. The first-order valence-electron chi connectivity index (χ1n) is 7.80. The number of thiophene rings is 1. The lowest BCUT2D eigenvalue weighted by Gasteiger charge is -2.16. The summed E-state index contributed by atoms with van der Waals surface area (Å²) in [5, 5.41) is 2.67. The molecule has 1 fully saturated rings. The van der Waals surface area contributed by atoms with E-state index in [1.165, 1.54) is 23.8 Å². The molecule has 1 aliphatic carbocycles. The van der Waals surface area contributed by atoms with Crippen LogP contribution in [0.2, 0.25) is 0 Å². The summed E-state index contributed by atoms with van der Waals surface area (Å²) in [7, 11) is -3.52. The van der Waals surface area contributed by atoms with Crippen molar-refractivity contribution < 1.29 is 13.2 Å². The molecular formula is C17H20N2O3S2. The average molecular weight is 364 g/mol. The van der Waals surface area contributed by atoms with E-state index in [9.17, 15) is 13.2 Å². The van der Waals surface area contributed by atoms with E-state index in [-0.39, 0.29) is 15.5 Å². The molecule has 0 bridgehead atoms. The number of hydrogen-bond acceptors (Lipinski definition) is 4. The second-order valence-electron chi connectivity index (χ2n) is 6.10. The fourth-order valence-corrected chi connectivity index (χ4v) is 5.09. The third kappa shape index (κ3) is 3.85. The lowest BCUT2D eigenvalue weighted by molar-refractivity contribution is -0.119. The SMILES string of the molecule is CC(=O)NCc1ccc(S(=O)(=O)NCC2(c3ccccc3)CC2)s1. The first kappa shape index (κ1) is 17.1. The van der Waals surface area contributed by atoms with Gasteiger partial charge in [-0.05, 0) is 30.5 Å². The molecule has 1 heterocycles. The summed E-state index contributed by atoms with van der Waals surface area (Å²) in [5.74, 6) is -0.135. The standard InChI is InChI=1S/C17H20N2O3S2/c1-13(20)18-11-15-7-8-16(23-15)24(21,22)19-12-17(9-10-17)14-5-3-2-4-6-14/h2-8,19H,9-12H2,1H3,(H,18,20). The van der Waals surface area contributed by atoms with Gasteiger partial charge in [0.1, 0.15) is 4.21 Å². The predicted octanol–water partition coefficient (Wildman–Crippen LogP) is 2.39. The van der Waals surface area contributed by atoms with E-state index >= 15 is 0 Å². The lowest BCUT2D eigenvalue weighted by atomic mass is 9.96. The van der Waals surface area contributed by atoms with Crippen LogP contribution in [0.5, 0.6) is 0 Å². The fraction of sp³-hybridized carbons (Fsp3) is 0.353. The van der Waals surface area contributed by atoms with E-state index in [1.807, 2.05) is 18.2 Å². The molecule has 0 unspecified atom stereocenters. The minimum atomic E-state index is -3.52. The van der Waals surface area contributed by atoms with Gasteiger partial charge in [-0.25, -0.2) is 13.1 Å². The Morgan fingerprint density at radius 3 is 2.50 bits per heavy atom. The quantitative estimate of drug-likeness (QED) is 0.792. The van der Waals surface area contributed by atoms with Crippen LogP contribution in [0, 0.1) is 0 Å². The number of carbonyl (C=O) groups is 1. The van der Waals surface area contributed by atoms with Gasteiger partial charge in [-0.3, -0.25) is 4.79 Å². The molecule has 0 radical (unpaired) electrons. The highest BCUT2D eigenvalue weighted by molar-refractivity contribution is 7.91. The monoisotopic (exact) mass is 364 g/mol. The third-order valence-electron chi connectivity index (χ3n) is 4.25. The molecule has 2 aromatic rings. The van der Waals surface area contributed by atoms with Crippen LogP contribution in [-0.2, 0) is 26.8 Å². The van der Waals surface area contributed by atoms with Gasteiger partial charge in [-0.2, -0.15) is 0 Å². The minimum Gasteiger partial charge on any atom is -0.351 e. The number of nitrogens with one attached hydrogen (secondary N) is 2. The smallest absolute Gasteiger partial charge is 0.250 e. The van der Waals surface area contributed by atoms with Gasteiger partial charge in [0, 0.05) is 23.8 Å². The molecule has 1 aromatic heterocycles. The van der Waals surface area contributed by atoms with Crippen LogP contribution in [0.4, 0.5) is 0 Å². The molecule has 0 spiro atoms. The Labute approximate surface area is 146 Å². The molecule has 1 amide bonds. The van der Waals surface area contributed by atoms with E-state index in [2.05, 4.69) is 22.2 Å². The summed E-state index contributed by atoms with van der Waals surface area (Å²) < 4.78 is 28.0. The molecule has 0 atom stereocenters. The second kappa shape index (κ2) is 6.66. The summed E-state index contributed by atoms with van der Waals surface area (Å²) in [6.07, 6.45) is 2.00. The number of amides is 1. The molecule has 1 aliphatic rings. The van der Waals surface area contributed by atoms with Crippen LogP contribution in [0.1, 0.15) is 30.2 Å². The maximum atomic E-state index is 12.5. The van der Waals surface area contributed by atoms with Crippen LogP contribution in [0.15, 0.2) is 46.7 Å². The molecule has 3 rings (SSSR count). The lowest BCUT2D eigenvalue weighted by Crippen LogP contribution is -2.31. The van der Waals surface area contributed by atoms with Crippen molar-refractivity contribution >= 4 is 27.3 Å². The predicted molar refractivity (Wildman–Crippen MR) is 94.4 cm³/mol. The Morgan fingerprint density at radius 1 is 1.17 bits per heavy atom. The van der Waals surface area contributed by atoms with Gasteiger partial charge >= 0.3 is 0 Å². The van der Waals surface area contributed by atoms with Crippen molar-refractivity contribution in [2.75, 3.05) is 6.54 Å². The highest BCUT2D eigenvalue weighted by Gasteiger charge is 2.44. The fourth-order valence-electron chi connectivity index (χ4n) is 2.62. The molecule has 0 aliphatic heterocycles. The van der Waals surface area contributed by atoms with Gasteiger partial charge in [0.2, 0.25) is 15.9 Å². The third-order valence-corrected chi connectivity index (χ3v) is 7.23. The first-order valence-corrected chi connectivity index (χ1v) is 10.1. The first-order chi connectivity index (χ1) is 11.4. The Kier molecular flexibility index (Phi) is 4.76. The topological polar surface area (TPSA) is 75.3 Å². The van der Waals surface area contributed by atoms with E-state index in [1.54, 1.807) is 12.1 Å². The average Bonchev–Trinajstić information content (AvgIpc) is 3.21. The molecule has 5 nitrogen and oxygen atoms in total. The summed E-state index contributed by atoms with van der Waals surface area (Å²) in [6.45, 7) is 2.20. The van der Waals surface area contributed by atoms with Crippen LogP contribution >= 0.6 is 11.3 Å². The van der Waals surface area contributed by atoms with Crippen molar-refractivity contribution in [3.63, 3.8) is 0 Å². The van der Waals surface area contributed by atoms with E-state index in [4.69, 9.17) is 0 Å². The number of sulfonamides is 1. The van der Waals surface area contributed by atoms with Crippen molar-refractivity contribution in [2.45, 2.75) is 35.9 Å². The van der Waals surface area contributed by atoms with E-state index < -0.39 is 10.0 Å².